The molecular weight excluding hydrogens is 258 g/mol. The third-order valence-corrected chi connectivity index (χ3v) is 2.94. The van der Waals surface area contributed by atoms with E-state index in [0.29, 0.717) is 0 Å². The average molecular weight is 278 g/mol. The zero-order chi connectivity index (χ0) is 12.6. The molecule has 3 heteroatoms. The van der Waals surface area contributed by atoms with E-state index in [9.17, 15) is 0 Å². The molecule has 0 heterocycles. The van der Waals surface area contributed by atoms with E-state index in [2.05, 4.69) is 41.7 Å². The van der Waals surface area contributed by atoms with Gasteiger partial charge in [0.05, 0.1) is 7.11 Å². The van der Waals surface area contributed by atoms with Gasteiger partial charge in [-0.25, -0.2) is 0 Å². The predicted octanol–water partition coefficient (Wildman–Crippen LogP) is 3.45. The van der Waals surface area contributed by atoms with Crippen molar-refractivity contribution in [1.82, 2.24) is 5.32 Å². The smallest absolute Gasteiger partial charge is 0.122 e. The summed E-state index contributed by atoms with van der Waals surface area (Å²) < 4.78 is 5.33. The number of nitrogens with one attached hydrogen (secondary N) is 1. The van der Waals surface area contributed by atoms with Crippen molar-refractivity contribution in [3.05, 3.63) is 65.7 Å². The summed E-state index contributed by atoms with van der Waals surface area (Å²) in [5, 5.41) is 3.45. The zero-order valence-corrected chi connectivity index (χ0v) is 12.0. The number of halogens is 1. The Kier molecular flexibility index (Phi) is 7.01. The average Bonchev–Trinajstić information content (AvgIpc) is 2.45. The summed E-state index contributed by atoms with van der Waals surface area (Å²) in [6, 6.07) is 18.6. The minimum Gasteiger partial charge on any atom is -0.496 e. The number of benzene rings is 2. The summed E-state index contributed by atoms with van der Waals surface area (Å²) in [5.74, 6) is 0.971. The van der Waals surface area contributed by atoms with Gasteiger partial charge in [-0.3, -0.25) is 0 Å². The normalized spacial score (nSPS) is 9.74. The van der Waals surface area contributed by atoms with Crippen molar-refractivity contribution in [2.45, 2.75) is 13.0 Å². The number of methoxy groups -OCH3 is 1. The van der Waals surface area contributed by atoms with Crippen LogP contribution in [-0.2, 0) is 13.0 Å². The molecule has 0 saturated heterocycles. The quantitative estimate of drug-likeness (QED) is 0.817. The molecule has 0 aliphatic carbocycles. The van der Waals surface area contributed by atoms with Crippen molar-refractivity contribution in [1.29, 1.82) is 0 Å². The number of ether oxygens (including phenoxy) is 1. The minimum absolute atomic E-state index is 0. The maximum Gasteiger partial charge on any atom is 0.122 e. The highest BCUT2D eigenvalue weighted by Gasteiger charge is 2.00. The molecule has 0 fully saturated rings. The molecule has 0 aliphatic rings. The maximum absolute atomic E-state index is 5.33. The third-order valence-electron chi connectivity index (χ3n) is 2.94. The molecule has 0 aromatic heterocycles. The molecule has 0 radical (unpaired) electrons. The standard InChI is InChI=1S/C16H19NO.ClH/c1-18-16-10-6-5-9-15(16)11-12-17-13-14-7-3-2-4-8-14;/h2-10,17H,11-13H2,1H3;1H. The van der Waals surface area contributed by atoms with Gasteiger partial charge in [-0.2, -0.15) is 0 Å². The van der Waals surface area contributed by atoms with Gasteiger partial charge < -0.3 is 10.1 Å². The summed E-state index contributed by atoms with van der Waals surface area (Å²) in [5.41, 5.74) is 2.57. The first-order valence-electron chi connectivity index (χ1n) is 6.26. The Bertz CT molecular complexity index is 473. The molecule has 0 aliphatic heterocycles. The Morgan fingerprint density at radius 3 is 2.37 bits per heavy atom. The second-order valence-electron chi connectivity index (χ2n) is 4.22. The zero-order valence-electron chi connectivity index (χ0n) is 11.1. The second-order valence-corrected chi connectivity index (χ2v) is 4.22. The van der Waals surface area contributed by atoms with Gasteiger partial charge in [0, 0.05) is 6.54 Å². The molecule has 0 spiro atoms. The molecule has 0 saturated carbocycles. The highest BCUT2D eigenvalue weighted by molar-refractivity contribution is 5.85. The van der Waals surface area contributed by atoms with Crippen molar-refractivity contribution in [3.8, 4) is 5.75 Å². The summed E-state index contributed by atoms with van der Waals surface area (Å²) in [6.45, 7) is 1.87. The lowest BCUT2D eigenvalue weighted by Gasteiger charge is -2.09. The molecule has 2 nitrogen and oxygen atoms in total. The minimum atomic E-state index is 0. The molecule has 2 aromatic rings. The number of hydrogen-bond donors (Lipinski definition) is 1. The second kappa shape index (κ2) is 8.57. The maximum atomic E-state index is 5.33. The highest BCUT2D eigenvalue weighted by atomic mass is 35.5. The van der Waals surface area contributed by atoms with Gasteiger partial charge in [-0.15, -0.1) is 12.4 Å². The SMILES string of the molecule is COc1ccccc1CCNCc1ccccc1.Cl. The van der Waals surface area contributed by atoms with E-state index < -0.39 is 0 Å². The summed E-state index contributed by atoms with van der Waals surface area (Å²) >= 11 is 0. The van der Waals surface area contributed by atoms with Crippen LogP contribution >= 0.6 is 12.4 Å². The van der Waals surface area contributed by atoms with E-state index in [4.69, 9.17) is 4.74 Å². The van der Waals surface area contributed by atoms with E-state index in [1.807, 2.05) is 18.2 Å². The largest absolute Gasteiger partial charge is 0.496 e. The van der Waals surface area contributed by atoms with E-state index in [1.54, 1.807) is 7.11 Å². The van der Waals surface area contributed by atoms with Crippen LogP contribution in [0.25, 0.3) is 0 Å². The van der Waals surface area contributed by atoms with Gasteiger partial charge >= 0.3 is 0 Å². The van der Waals surface area contributed by atoms with Crippen LogP contribution < -0.4 is 10.1 Å². The highest BCUT2D eigenvalue weighted by Crippen LogP contribution is 2.17. The Hall–Kier alpha value is -1.51. The van der Waals surface area contributed by atoms with Crippen molar-refractivity contribution in [3.63, 3.8) is 0 Å². The number of rotatable bonds is 6. The van der Waals surface area contributed by atoms with Crippen molar-refractivity contribution < 1.29 is 4.74 Å². The van der Waals surface area contributed by atoms with Crippen LogP contribution in [0.4, 0.5) is 0 Å². The van der Waals surface area contributed by atoms with E-state index >= 15 is 0 Å². The van der Waals surface area contributed by atoms with Crippen molar-refractivity contribution in [2.75, 3.05) is 13.7 Å². The van der Waals surface area contributed by atoms with E-state index in [-0.39, 0.29) is 12.4 Å². The van der Waals surface area contributed by atoms with Crippen molar-refractivity contribution >= 4 is 12.4 Å². The predicted molar refractivity (Wildman–Crippen MR) is 82.1 cm³/mol. The van der Waals surface area contributed by atoms with Gasteiger partial charge in [-0.05, 0) is 30.2 Å². The van der Waals surface area contributed by atoms with Gasteiger partial charge in [0.15, 0.2) is 0 Å². The lowest BCUT2D eigenvalue weighted by molar-refractivity contribution is 0.409. The first kappa shape index (κ1) is 15.5. The Morgan fingerprint density at radius 1 is 0.947 bits per heavy atom. The van der Waals surface area contributed by atoms with E-state index in [1.165, 1.54) is 11.1 Å². The molecule has 0 bridgehead atoms. The van der Waals surface area contributed by atoms with Crippen LogP contribution in [-0.4, -0.2) is 13.7 Å². The van der Waals surface area contributed by atoms with Gasteiger partial charge in [-0.1, -0.05) is 48.5 Å². The lowest BCUT2D eigenvalue weighted by Crippen LogP contribution is -2.16. The first-order chi connectivity index (χ1) is 8.90. The lowest BCUT2D eigenvalue weighted by atomic mass is 10.1. The fourth-order valence-corrected chi connectivity index (χ4v) is 1.96. The Morgan fingerprint density at radius 2 is 1.63 bits per heavy atom. The molecule has 2 rings (SSSR count). The Labute approximate surface area is 121 Å². The molecule has 102 valence electrons. The fourth-order valence-electron chi connectivity index (χ4n) is 1.96. The topological polar surface area (TPSA) is 21.3 Å². The monoisotopic (exact) mass is 277 g/mol. The molecule has 19 heavy (non-hydrogen) atoms. The summed E-state index contributed by atoms with van der Waals surface area (Å²) in [7, 11) is 1.72. The molecule has 0 amide bonds. The van der Waals surface area contributed by atoms with Crippen LogP contribution in [0.1, 0.15) is 11.1 Å². The molecule has 2 aromatic carbocycles. The van der Waals surface area contributed by atoms with Crippen LogP contribution in [0, 0.1) is 0 Å². The number of hydrogen-bond acceptors (Lipinski definition) is 2. The fraction of sp³-hybridized carbons (Fsp3) is 0.250. The summed E-state index contributed by atoms with van der Waals surface area (Å²) in [4.78, 5) is 0. The Balaban J connectivity index is 0.00000180. The van der Waals surface area contributed by atoms with Crippen molar-refractivity contribution in [2.24, 2.45) is 0 Å². The number of para-hydroxylation sites is 1. The first-order valence-corrected chi connectivity index (χ1v) is 6.26. The van der Waals surface area contributed by atoms with Crippen LogP contribution in [0.2, 0.25) is 0 Å². The van der Waals surface area contributed by atoms with Crippen LogP contribution in [0.5, 0.6) is 5.75 Å². The summed E-state index contributed by atoms with van der Waals surface area (Å²) in [6.07, 6.45) is 0.983. The van der Waals surface area contributed by atoms with Gasteiger partial charge in [0.2, 0.25) is 0 Å². The molecular formula is C16H20ClNO. The van der Waals surface area contributed by atoms with E-state index in [0.717, 1.165) is 25.3 Å². The molecule has 0 unspecified atom stereocenters. The van der Waals surface area contributed by atoms with Crippen LogP contribution in [0.3, 0.4) is 0 Å². The van der Waals surface area contributed by atoms with Gasteiger partial charge in [0.25, 0.3) is 0 Å². The van der Waals surface area contributed by atoms with Crippen LogP contribution in [0.15, 0.2) is 54.6 Å². The third kappa shape index (κ3) is 4.93. The van der Waals surface area contributed by atoms with Gasteiger partial charge in [0.1, 0.15) is 5.75 Å². The molecule has 0 atom stereocenters. The molecule has 1 N–H and O–H groups in total.